The van der Waals surface area contributed by atoms with Gasteiger partial charge in [-0.1, -0.05) is 18.9 Å². The van der Waals surface area contributed by atoms with Crippen molar-refractivity contribution in [2.45, 2.75) is 51.0 Å². The first-order valence-corrected chi connectivity index (χ1v) is 7.89. The molecule has 2 aliphatic carbocycles. The van der Waals surface area contributed by atoms with E-state index in [1.807, 2.05) is 6.08 Å². The molecule has 106 valence electrons. The van der Waals surface area contributed by atoms with Gasteiger partial charge in [0.25, 0.3) is 0 Å². The van der Waals surface area contributed by atoms with Gasteiger partial charge in [0.1, 0.15) is 0 Å². The number of amides is 1. The van der Waals surface area contributed by atoms with Crippen LogP contribution in [-0.2, 0) is 4.79 Å². The van der Waals surface area contributed by atoms with Gasteiger partial charge in [-0.05, 0) is 50.6 Å². The van der Waals surface area contributed by atoms with Crippen LogP contribution in [0, 0.1) is 11.3 Å². The predicted molar refractivity (Wildman–Crippen MR) is 76.8 cm³/mol. The van der Waals surface area contributed by atoms with E-state index in [-0.39, 0.29) is 0 Å². The summed E-state index contributed by atoms with van der Waals surface area (Å²) in [5.41, 5.74) is 0.361. The maximum absolute atomic E-state index is 12.8. The van der Waals surface area contributed by atoms with Crippen LogP contribution in [0.1, 0.15) is 44.9 Å². The molecule has 1 spiro atoms. The smallest absolute Gasteiger partial charge is 0.226 e. The van der Waals surface area contributed by atoms with Crippen molar-refractivity contribution >= 4 is 5.91 Å². The molecule has 0 bridgehead atoms. The largest absolute Gasteiger partial charge is 0.336 e. The number of nitrogens with zero attached hydrogens (tertiary/aromatic N) is 1. The fourth-order valence-electron chi connectivity index (χ4n) is 4.15. The third kappa shape index (κ3) is 2.45. The molecule has 2 saturated carbocycles. The lowest BCUT2D eigenvalue weighted by molar-refractivity contribution is -0.135. The summed E-state index contributed by atoms with van der Waals surface area (Å²) in [6.45, 7) is 6.76. The van der Waals surface area contributed by atoms with Gasteiger partial charge in [0.2, 0.25) is 5.91 Å². The first-order valence-electron chi connectivity index (χ1n) is 7.89. The summed E-state index contributed by atoms with van der Waals surface area (Å²) in [6.07, 6.45) is 10.4. The number of carbonyl (C=O) groups excluding carboxylic acids is 1. The van der Waals surface area contributed by atoms with Crippen LogP contribution in [0.25, 0.3) is 0 Å². The molecule has 0 aromatic carbocycles. The van der Waals surface area contributed by atoms with Crippen molar-refractivity contribution in [2.24, 2.45) is 11.3 Å². The summed E-state index contributed by atoms with van der Waals surface area (Å²) < 4.78 is 0. The van der Waals surface area contributed by atoms with Gasteiger partial charge < -0.3 is 10.2 Å². The lowest BCUT2D eigenvalue weighted by atomic mass is 9.91. The van der Waals surface area contributed by atoms with Crippen LogP contribution >= 0.6 is 0 Å². The van der Waals surface area contributed by atoms with Gasteiger partial charge in [0, 0.05) is 18.5 Å². The molecule has 3 fully saturated rings. The maximum Gasteiger partial charge on any atom is 0.226 e. The van der Waals surface area contributed by atoms with Gasteiger partial charge in [0.05, 0.1) is 0 Å². The zero-order chi connectivity index (χ0) is 13.3. The molecule has 3 heteroatoms. The van der Waals surface area contributed by atoms with E-state index in [4.69, 9.17) is 0 Å². The average molecular weight is 262 g/mol. The molecule has 1 saturated heterocycles. The number of nitrogens with one attached hydrogen (secondary N) is 1. The van der Waals surface area contributed by atoms with Crippen molar-refractivity contribution in [1.82, 2.24) is 10.2 Å². The van der Waals surface area contributed by atoms with Crippen molar-refractivity contribution in [3.63, 3.8) is 0 Å². The SMILES string of the molecule is C=CCN(C(=O)C1CC12CCNCC2)C1CCCC1. The van der Waals surface area contributed by atoms with E-state index in [2.05, 4.69) is 16.8 Å². The Morgan fingerprint density at radius 3 is 2.63 bits per heavy atom. The third-order valence-electron chi connectivity index (χ3n) is 5.46. The normalized spacial score (nSPS) is 29.4. The van der Waals surface area contributed by atoms with Gasteiger partial charge in [-0.2, -0.15) is 0 Å². The van der Waals surface area contributed by atoms with Crippen LogP contribution < -0.4 is 5.32 Å². The molecular weight excluding hydrogens is 236 g/mol. The molecule has 3 nitrogen and oxygen atoms in total. The number of hydrogen-bond donors (Lipinski definition) is 1. The fraction of sp³-hybridized carbons (Fsp3) is 0.812. The number of rotatable bonds is 4. The Morgan fingerprint density at radius 1 is 1.32 bits per heavy atom. The second kappa shape index (κ2) is 5.28. The summed E-state index contributed by atoms with van der Waals surface area (Å²) in [7, 11) is 0. The summed E-state index contributed by atoms with van der Waals surface area (Å²) >= 11 is 0. The highest BCUT2D eigenvalue weighted by Crippen LogP contribution is 2.59. The highest BCUT2D eigenvalue weighted by Gasteiger charge is 2.58. The molecule has 1 unspecified atom stereocenters. The topological polar surface area (TPSA) is 32.3 Å². The van der Waals surface area contributed by atoms with Crippen LogP contribution in [0.2, 0.25) is 0 Å². The quantitative estimate of drug-likeness (QED) is 0.789. The molecule has 1 aliphatic heterocycles. The van der Waals surface area contributed by atoms with Crippen molar-refractivity contribution in [3.8, 4) is 0 Å². The molecule has 19 heavy (non-hydrogen) atoms. The Morgan fingerprint density at radius 2 is 2.00 bits per heavy atom. The molecule has 1 amide bonds. The van der Waals surface area contributed by atoms with E-state index in [0.717, 1.165) is 26.1 Å². The minimum Gasteiger partial charge on any atom is -0.336 e. The second-order valence-electron chi connectivity index (χ2n) is 6.59. The summed E-state index contributed by atoms with van der Waals surface area (Å²) in [5, 5.41) is 3.41. The Balaban J connectivity index is 1.65. The molecule has 0 aromatic heterocycles. The molecule has 1 heterocycles. The highest BCUT2D eigenvalue weighted by molar-refractivity contribution is 5.83. The number of piperidine rings is 1. The van der Waals surface area contributed by atoms with Gasteiger partial charge in [-0.15, -0.1) is 6.58 Å². The maximum atomic E-state index is 12.8. The van der Waals surface area contributed by atoms with E-state index < -0.39 is 0 Å². The van der Waals surface area contributed by atoms with Crippen molar-refractivity contribution in [1.29, 1.82) is 0 Å². The summed E-state index contributed by atoms with van der Waals surface area (Å²) in [5.74, 6) is 0.740. The van der Waals surface area contributed by atoms with Gasteiger partial charge >= 0.3 is 0 Å². The molecule has 0 aromatic rings. The summed E-state index contributed by atoms with van der Waals surface area (Å²) in [4.78, 5) is 15.0. The Hall–Kier alpha value is -0.830. The van der Waals surface area contributed by atoms with Crippen molar-refractivity contribution in [2.75, 3.05) is 19.6 Å². The lowest BCUT2D eigenvalue weighted by Crippen LogP contribution is -2.41. The molecule has 1 N–H and O–H groups in total. The Labute approximate surface area is 116 Å². The van der Waals surface area contributed by atoms with Crippen LogP contribution in [0.3, 0.4) is 0 Å². The third-order valence-corrected chi connectivity index (χ3v) is 5.46. The van der Waals surface area contributed by atoms with Crippen LogP contribution in [0.5, 0.6) is 0 Å². The van der Waals surface area contributed by atoms with Gasteiger partial charge in [-0.25, -0.2) is 0 Å². The van der Waals surface area contributed by atoms with Crippen LogP contribution in [0.15, 0.2) is 12.7 Å². The predicted octanol–water partition coefficient (Wildman–Crippen LogP) is 2.33. The molecule has 3 aliphatic rings. The average Bonchev–Trinajstić information content (AvgIpc) is 2.90. The monoisotopic (exact) mass is 262 g/mol. The van der Waals surface area contributed by atoms with E-state index in [1.54, 1.807) is 0 Å². The number of hydrogen-bond acceptors (Lipinski definition) is 2. The van der Waals surface area contributed by atoms with Crippen molar-refractivity contribution in [3.05, 3.63) is 12.7 Å². The summed E-state index contributed by atoms with van der Waals surface area (Å²) in [6, 6.07) is 0.491. The van der Waals surface area contributed by atoms with E-state index in [9.17, 15) is 4.79 Å². The minimum absolute atomic E-state index is 0.315. The van der Waals surface area contributed by atoms with Crippen LogP contribution in [0.4, 0.5) is 0 Å². The standard InChI is InChI=1S/C16H26N2O/c1-2-11-18(13-5-3-4-6-13)15(19)14-12-16(14)7-9-17-10-8-16/h2,13-14,17H,1,3-12H2. The van der Waals surface area contributed by atoms with E-state index >= 15 is 0 Å². The second-order valence-corrected chi connectivity index (χ2v) is 6.59. The lowest BCUT2D eigenvalue weighted by Gasteiger charge is -2.30. The first kappa shape index (κ1) is 13.2. The Bertz CT molecular complexity index is 354. The zero-order valence-corrected chi connectivity index (χ0v) is 11.9. The number of carbonyl (C=O) groups is 1. The van der Waals surface area contributed by atoms with E-state index in [0.29, 0.717) is 23.3 Å². The minimum atomic E-state index is 0.315. The van der Waals surface area contributed by atoms with Crippen LogP contribution in [-0.4, -0.2) is 36.5 Å². The molecular formula is C16H26N2O. The zero-order valence-electron chi connectivity index (χ0n) is 11.9. The van der Waals surface area contributed by atoms with E-state index in [1.165, 1.54) is 38.5 Å². The Kier molecular flexibility index (Phi) is 3.66. The van der Waals surface area contributed by atoms with Crippen molar-refractivity contribution < 1.29 is 4.79 Å². The molecule has 1 atom stereocenters. The molecule has 3 rings (SSSR count). The van der Waals surface area contributed by atoms with Gasteiger partial charge in [0.15, 0.2) is 0 Å². The highest BCUT2D eigenvalue weighted by atomic mass is 16.2. The van der Waals surface area contributed by atoms with Gasteiger partial charge in [-0.3, -0.25) is 4.79 Å². The molecule has 0 radical (unpaired) electrons. The fourth-order valence-corrected chi connectivity index (χ4v) is 4.15. The first-order chi connectivity index (χ1) is 9.27.